The summed E-state index contributed by atoms with van der Waals surface area (Å²) in [6, 6.07) is 5.91. The van der Waals surface area contributed by atoms with Gasteiger partial charge in [-0.3, -0.25) is 4.99 Å². The molecule has 0 aliphatic carbocycles. The summed E-state index contributed by atoms with van der Waals surface area (Å²) in [5.74, 6) is 1.68. The first-order chi connectivity index (χ1) is 12.9. The highest BCUT2D eigenvalue weighted by Crippen LogP contribution is 2.25. The average molecular weight is 412 g/mol. The lowest BCUT2D eigenvalue weighted by Crippen LogP contribution is -2.42. The second-order valence-electron chi connectivity index (χ2n) is 7.00. The van der Waals surface area contributed by atoms with Crippen LogP contribution in [0.2, 0.25) is 10.0 Å². The van der Waals surface area contributed by atoms with E-state index in [2.05, 4.69) is 48.2 Å². The highest BCUT2D eigenvalue weighted by molar-refractivity contribution is 6.42. The van der Waals surface area contributed by atoms with Gasteiger partial charge < -0.3 is 15.5 Å². The molecule has 2 rings (SSSR count). The molecule has 0 fully saturated rings. The van der Waals surface area contributed by atoms with Crippen LogP contribution in [-0.2, 0) is 0 Å². The van der Waals surface area contributed by atoms with Gasteiger partial charge in [0.15, 0.2) is 0 Å². The van der Waals surface area contributed by atoms with Crippen molar-refractivity contribution in [1.29, 1.82) is 0 Å². The Balaban J connectivity index is 1.92. The molecule has 0 radical (unpaired) electrons. The molecule has 0 amide bonds. The maximum absolute atomic E-state index is 6.09. The lowest BCUT2D eigenvalue weighted by atomic mass is 10.1. The summed E-state index contributed by atoms with van der Waals surface area (Å²) in [4.78, 5) is 12.0. The van der Waals surface area contributed by atoms with Crippen LogP contribution in [0.25, 0.3) is 0 Å². The molecule has 27 heavy (non-hydrogen) atoms. The maximum Gasteiger partial charge on any atom is 0.201 e. The van der Waals surface area contributed by atoms with Gasteiger partial charge in [-0.05, 0) is 64.5 Å². The Hall–Kier alpha value is -1.30. The van der Waals surface area contributed by atoms with Gasteiger partial charge in [0.1, 0.15) is 5.84 Å². The number of nitrogens with one attached hydrogen (secondary N) is 2. The van der Waals surface area contributed by atoms with Crippen LogP contribution in [0.4, 0.5) is 5.69 Å². The molecular formula is C20H31Cl2N5. The third-order valence-electron chi connectivity index (χ3n) is 4.65. The van der Waals surface area contributed by atoms with E-state index < -0.39 is 0 Å². The predicted octanol–water partition coefficient (Wildman–Crippen LogP) is 5.05. The molecule has 0 spiro atoms. The normalized spacial score (nSPS) is 19.7. The second kappa shape index (κ2) is 10.9. The molecule has 0 saturated carbocycles. The monoisotopic (exact) mass is 411 g/mol. The van der Waals surface area contributed by atoms with E-state index in [0.717, 1.165) is 50.4 Å². The summed E-state index contributed by atoms with van der Waals surface area (Å²) < 4.78 is 0. The van der Waals surface area contributed by atoms with Crippen molar-refractivity contribution in [2.75, 3.05) is 25.0 Å². The third kappa shape index (κ3) is 7.32. The van der Waals surface area contributed by atoms with Crippen molar-refractivity contribution < 1.29 is 0 Å². The van der Waals surface area contributed by atoms with Crippen LogP contribution in [0, 0.1) is 0 Å². The van der Waals surface area contributed by atoms with Gasteiger partial charge in [0, 0.05) is 18.2 Å². The summed E-state index contributed by atoms with van der Waals surface area (Å²) in [6.07, 6.45) is 3.08. The molecule has 150 valence electrons. The molecule has 1 aromatic rings. The molecule has 2 N–H and O–H groups in total. The van der Waals surface area contributed by atoms with Gasteiger partial charge in [-0.1, -0.05) is 37.0 Å². The number of aliphatic imine (C=N–C) groups is 2. The summed E-state index contributed by atoms with van der Waals surface area (Å²) in [5.41, 5.74) is 0.844. The maximum atomic E-state index is 6.09. The minimum Gasteiger partial charge on any atom is -0.326 e. The van der Waals surface area contributed by atoms with Crippen LogP contribution in [0.5, 0.6) is 0 Å². The van der Waals surface area contributed by atoms with Crippen LogP contribution in [0.3, 0.4) is 0 Å². The fourth-order valence-electron chi connectivity index (χ4n) is 3.11. The smallest absolute Gasteiger partial charge is 0.201 e. The van der Waals surface area contributed by atoms with Crippen molar-refractivity contribution in [2.24, 2.45) is 9.98 Å². The SMILES string of the molecule is CCN(CC)CCCC(C)N=C1CC(C)N=C(Nc2ccc(Cl)c(Cl)c2)N1. The summed E-state index contributed by atoms with van der Waals surface area (Å²) in [7, 11) is 0. The van der Waals surface area contributed by atoms with Crippen molar-refractivity contribution in [3.63, 3.8) is 0 Å². The average Bonchev–Trinajstić information content (AvgIpc) is 2.61. The zero-order valence-electron chi connectivity index (χ0n) is 16.7. The zero-order chi connectivity index (χ0) is 19.8. The van der Waals surface area contributed by atoms with E-state index in [0.29, 0.717) is 22.0 Å². The highest BCUT2D eigenvalue weighted by Gasteiger charge is 2.17. The molecule has 0 saturated heterocycles. The van der Waals surface area contributed by atoms with E-state index in [1.807, 2.05) is 6.07 Å². The Morgan fingerprint density at radius 1 is 1.30 bits per heavy atom. The van der Waals surface area contributed by atoms with Crippen LogP contribution >= 0.6 is 23.2 Å². The first-order valence-electron chi connectivity index (χ1n) is 9.77. The number of nitrogens with zero attached hydrogens (tertiary/aromatic N) is 3. The van der Waals surface area contributed by atoms with E-state index in [9.17, 15) is 0 Å². The van der Waals surface area contributed by atoms with Crippen molar-refractivity contribution in [1.82, 2.24) is 10.2 Å². The molecule has 1 aromatic carbocycles. The molecular weight excluding hydrogens is 381 g/mol. The number of benzene rings is 1. The second-order valence-corrected chi connectivity index (χ2v) is 7.82. The Morgan fingerprint density at radius 2 is 2.04 bits per heavy atom. The summed E-state index contributed by atoms with van der Waals surface area (Å²) in [6.45, 7) is 12.1. The van der Waals surface area contributed by atoms with Crippen molar-refractivity contribution in [3.8, 4) is 0 Å². The van der Waals surface area contributed by atoms with Gasteiger partial charge in [-0.2, -0.15) is 0 Å². The fourth-order valence-corrected chi connectivity index (χ4v) is 3.40. The van der Waals surface area contributed by atoms with Crippen LogP contribution in [0.1, 0.15) is 47.0 Å². The molecule has 0 aromatic heterocycles. The lowest BCUT2D eigenvalue weighted by molar-refractivity contribution is 0.294. The van der Waals surface area contributed by atoms with E-state index in [1.54, 1.807) is 12.1 Å². The van der Waals surface area contributed by atoms with Gasteiger partial charge in [0.05, 0.1) is 16.1 Å². The predicted molar refractivity (Wildman–Crippen MR) is 119 cm³/mol. The Morgan fingerprint density at radius 3 is 2.70 bits per heavy atom. The van der Waals surface area contributed by atoms with E-state index in [1.165, 1.54) is 0 Å². The molecule has 1 aliphatic rings. The van der Waals surface area contributed by atoms with Gasteiger partial charge in [-0.25, -0.2) is 4.99 Å². The number of halogens is 2. The van der Waals surface area contributed by atoms with E-state index in [-0.39, 0.29) is 6.04 Å². The molecule has 2 unspecified atom stereocenters. The summed E-state index contributed by atoms with van der Waals surface area (Å²) in [5, 5.41) is 7.64. The standard InChI is InChI=1S/C20H31Cl2N5/c1-5-27(6-2)11-7-8-14(3)23-19-12-15(4)24-20(26-19)25-16-9-10-17(21)18(22)13-16/h9-10,13-15H,5-8,11-12H2,1-4H3,(H2,23,24,25,26). The van der Waals surface area contributed by atoms with Crippen LogP contribution in [-0.4, -0.2) is 48.4 Å². The van der Waals surface area contributed by atoms with E-state index in [4.69, 9.17) is 28.2 Å². The first kappa shape index (κ1) is 22.0. The van der Waals surface area contributed by atoms with Crippen LogP contribution in [0.15, 0.2) is 28.2 Å². The molecule has 1 heterocycles. The molecule has 0 bridgehead atoms. The van der Waals surface area contributed by atoms with Crippen molar-refractivity contribution >= 4 is 40.7 Å². The van der Waals surface area contributed by atoms with Gasteiger partial charge in [0.25, 0.3) is 0 Å². The topological polar surface area (TPSA) is 52.0 Å². The largest absolute Gasteiger partial charge is 0.326 e. The van der Waals surface area contributed by atoms with E-state index >= 15 is 0 Å². The fraction of sp³-hybridized carbons (Fsp3) is 0.600. The minimum absolute atomic E-state index is 0.179. The molecule has 2 atom stereocenters. The Kier molecular flexibility index (Phi) is 8.87. The van der Waals surface area contributed by atoms with Crippen molar-refractivity contribution in [3.05, 3.63) is 28.2 Å². The third-order valence-corrected chi connectivity index (χ3v) is 5.39. The number of anilines is 1. The van der Waals surface area contributed by atoms with Gasteiger partial charge in [0.2, 0.25) is 5.96 Å². The zero-order valence-corrected chi connectivity index (χ0v) is 18.2. The summed E-state index contributed by atoms with van der Waals surface area (Å²) >= 11 is 12.1. The quantitative estimate of drug-likeness (QED) is 0.628. The number of hydrogen-bond donors (Lipinski definition) is 2. The molecule has 1 aliphatic heterocycles. The molecule has 7 heteroatoms. The highest BCUT2D eigenvalue weighted by atomic mass is 35.5. The number of amidine groups is 1. The van der Waals surface area contributed by atoms with Gasteiger partial charge in [-0.15, -0.1) is 0 Å². The number of hydrogen-bond acceptors (Lipinski definition) is 4. The van der Waals surface area contributed by atoms with Gasteiger partial charge >= 0.3 is 0 Å². The minimum atomic E-state index is 0.179. The molecule has 5 nitrogen and oxygen atoms in total. The van der Waals surface area contributed by atoms with Crippen molar-refractivity contribution in [2.45, 2.75) is 59.0 Å². The first-order valence-corrected chi connectivity index (χ1v) is 10.5. The lowest BCUT2D eigenvalue weighted by Gasteiger charge is -2.23. The Labute approximate surface area is 173 Å². The van der Waals surface area contributed by atoms with Crippen LogP contribution < -0.4 is 10.6 Å². The number of guanidine groups is 1. The number of rotatable bonds is 8. The Bertz CT molecular complexity index is 670.